The number of hydrogen-bond donors (Lipinski definition) is 2. The number of amides is 1. The van der Waals surface area contributed by atoms with Gasteiger partial charge in [-0.25, -0.2) is 14.4 Å². The molecule has 0 bridgehead atoms. The summed E-state index contributed by atoms with van der Waals surface area (Å²) in [5, 5.41) is 6.04. The van der Waals surface area contributed by atoms with Crippen molar-refractivity contribution in [1.29, 1.82) is 0 Å². The van der Waals surface area contributed by atoms with Gasteiger partial charge < -0.3 is 19.9 Å². The Hall–Kier alpha value is -4.01. The van der Waals surface area contributed by atoms with Crippen LogP contribution in [0.4, 0.5) is 15.8 Å². The molecule has 0 aliphatic carbocycles. The number of halogens is 1. The lowest BCUT2D eigenvalue weighted by molar-refractivity contribution is 0.0946. The minimum absolute atomic E-state index is 0.0809. The number of nitrogens with one attached hydrogen (secondary N) is 2. The second-order valence-corrected chi connectivity index (χ2v) is 6.77. The number of ether oxygens (including phenoxy) is 1. The Kier molecular flexibility index (Phi) is 4.27. The van der Waals surface area contributed by atoms with Crippen LogP contribution in [0.2, 0.25) is 0 Å². The van der Waals surface area contributed by atoms with E-state index in [1.54, 1.807) is 24.5 Å². The first-order valence-electron chi connectivity index (χ1n) is 9.34. The lowest BCUT2D eigenvalue weighted by atomic mass is 10.1. The van der Waals surface area contributed by atoms with Crippen molar-refractivity contribution < 1.29 is 13.9 Å². The minimum Gasteiger partial charge on any atom is -0.492 e. The number of methoxy groups -OCH3 is 1. The van der Waals surface area contributed by atoms with Gasteiger partial charge in [-0.2, -0.15) is 0 Å². The van der Waals surface area contributed by atoms with Gasteiger partial charge >= 0.3 is 0 Å². The summed E-state index contributed by atoms with van der Waals surface area (Å²) in [4.78, 5) is 25.4. The van der Waals surface area contributed by atoms with Gasteiger partial charge in [0.15, 0.2) is 11.6 Å². The Morgan fingerprint density at radius 3 is 3.00 bits per heavy atom. The molecule has 2 N–H and O–H groups in total. The normalized spacial score (nSPS) is 13.1. The average Bonchev–Trinajstić information content (AvgIpc) is 3.13. The van der Waals surface area contributed by atoms with Crippen LogP contribution < -0.4 is 15.4 Å². The fourth-order valence-electron chi connectivity index (χ4n) is 3.77. The van der Waals surface area contributed by atoms with Gasteiger partial charge in [-0.15, -0.1) is 0 Å². The highest BCUT2D eigenvalue weighted by Crippen LogP contribution is 2.35. The molecule has 8 nitrogen and oxygen atoms in total. The third-order valence-electron chi connectivity index (χ3n) is 5.06. The van der Waals surface area contributed by atoms with Crippen molar-refractivity contribution in [3.05, 3.63) is 66.3 Å². The molecule has 0 radical (unpaired) electrons. The molecule has 0 saturated heterocycles. The Morgan fingerprint density at radius 1 is 1.23 bits per heavy atom. The van der Waals surface area contributed by atoms with Crippen LogP contribution in [0.1, 0.15) is 16.1 Å². The van der Waals surface area contributed by atoms with Crippen LogP contribution in [0, 0.1) is 5.82 Å². The van der Waals surface area contributed by atoms with Crippen LogP contribution in [0.25, 0.3) is 16.7 Å². The second-order valence-electron chi connectivity index (χ2n) is 6.77. The standard InChI is InChI=1S/C21H17FN6O2/c1-30-20-12(22)3-2-4-13(20)27-15-10-28(16-5-8-25-21(29)18(15)16)17-6-7-24-14-9-23-11-26-19(14)17/h2-4,6-7,9-11,27H,5,8H2,1H3,(H,25,29). The van der Waals surface area contributed by atoms with Crippen molar-refractivity contribution in [2.75, 3.05) is 19.0 Å². The molecule has 30 heavy (non-hydrogen) atoms. The van der Waals surface area contributed by atoms with Crippen molar-refractivity contribution >= 4 is 28.3 Å². The van der Waals surface area contributed by atoms with Gasteiger partial charge in [0, 0.05) is 31.1 Å². The molecule has 9 heteroatoms. The number of hydrogen-bond acceptors (Lipinski definition) is 6. The summed E-state index contributed by atoms with van der Waals surface area (Å²) in [5.41, 5.74) is 4.43. The maximum Gasteiger partial charge on any atom is 0.255 e. The molecule has 0 spiro atoms. The summed E-state index contributed by atoms with van der Waals surface area (Å²) in [6.45, 7) is 0.524. The molecular weight excluding hydrogens is 387 g/mol. The SMILES string of the molecule is COc1c(F)cccc1Nc1cn(-c2ccnc3cncnc23)c2c1C(=O)NCC2. The van der Waals surface area contributed by atoms with E-state index in [1.165, 1.54) is 19.5 Å². The number of carbonyl (C=O) groups excluding carboxylic acids is 1. The highest BCUT2D eigenvalue weighted by Gasteiger charge is 2.27. The quantitative estimate of drug-likeness (QED) is 0.543. The summed E-state index contributed by atoms with van der Waals surface area (Å²) in [5.74, 6) is -0.602. The monoisotopic (exact) mass is 404 g/mol. The predicted octanol–water partition coefficient (Wildman–Crippen LogP) is 2.99. The lowest BCUT2D eigenvalue weighted by Crippen LogP contribution is -2.32. The molecule has 5 rings (SSSR count). The molecular formula is C21H17FN6O2. The number of carbonyl (C=O) groups is 1. The maximum atomic E-state index is 14.1. The third kappa shape index (κ3) is 2.83. The average molecular weight is 404 g/mol. The first-order valence-corrected chi connectivity index (χ1v) is 9.34. The van der Waals surface area contributed by atoms with Crippen LogP contribution >= 0.6 is 0 Å². The number of anilines is 2. The fraction of sp³-hybridized carbons (Fsp3) is 0.143. The Labute approximate surface area is 170 Å². The molecule has 1 aromatic carbocycles. The maximum absolute atomic E-state index is 14.1. The van der Waals surface area contributed by atoms with Gasteiger partial charge in [0.2, 0.25) is 0 Å². The van der Waals surface area contributed by atoms with E-state index in [4.69, 9.17) is 4.74 Å². The molecule has 3 aromatic heterocycles. The van der Waals surface area contributed by atoms with Crippen molar-refractivity contribution in [2.45, 2.75) is 6.42 Å². The summed E-state index contributed by atoms with van der Waals surface area (Å²) in [6.07, 6.45) is 7.24. The van der Waals surface area contributed by atoms with Gasteiger partial charge in [-0.3, -0.25) is 9.78 Å². The van der Waals surface area contributed by atoms with Gasteiger partial charge in [0.1, 0.15) is 17.4 Å². The van der Waals surface area contributed by atoms with Gasteiger partial charge in [-0.05, 0) is 18.2 Å². The van der Waals surface area contributed by atoms with Crippen LogP contribution in [-0.4, -0.2) is 39.1 Å². The molecule has 1 aliphatic rings. The van der Waals surface area contributed by atoms with Crippen LogP contribution in [0.15, 0.2) is 49.2 Å². The molecule has 150 valence electrons. The van der Waals surface area contributed by atoms with E-state index in [1.807, 2.05) is 16.8 Å². The Bertz CT molecular complexity index is 1280. The third-order valence-corrected chi connectivity index (χ3v) is 5.06. The van der Waals surface area contributed by atoms with Crippen molar-refractivity contribution in [3.8, 4) is 11.4 Å². The minimum atomic E-state index is -0.489. The molecule has 4 aromatic rings. The zero-order chi connectivity index (χ0) is 20.7. The predicted molar refractivity (Wildman–Crippen MR) is 109 cm³/mol. The van der Waals surface area contributed by atoms with E-state index in [-0.39, 0.29) is 11.7 Å². The van der Waals surface area contributed by atoms with Gasteiger partial charge in [0.05, 0.1) is 35.9 Å². The molecule has 1 amide bonds. The number of rotatable bonds is 4. The van der Waals surface area contributed by atoms with Crippen molar-refractivity contribution in [2.24, 2.45) is 0 Å². The summed E-state index contributed by atoms with van der Waals surface area (Å²) < 4.78 is 21.3. The zero-order valence-corrected chi connectivity index (χ0v) is 16.0. The van der Waals surface area contributed by atoms with Crippen LogP contribution in [0.5, 0.6) is 5.75 Å². The van der Waals surface area contributed by atoms with Crippen LogP contribution in [0.3, 0.4) is 0 Å². The van der Waals surface area contributed by atoms with Gasteiger partial charge in [-0.1, -0.05) is 6.07 Å². The van der Waals surface area contributed by atoms with E-state index >= 15 is 0 Å². The van der Waals surface area contributed by atoms with E-state index in [2.05, 4.69) is 25.6 Å². The fourth-order valence-corrected chi connectivity index (χ4v) is 3.77. The summed E-state index contributed by atoms with van der Waals surface area (Å²) in [6, 6.07) is 6.44. The zero-order valence-electron chi connectivity index (χ0n) is 16.0. The number of pyridine rings is 1. The highest BCUT2D eigenvalue weighted by atomic mass is 19.1. The van der Waals surface area contributed by atoms with E-state index in [0.29, 0.717) is 40.9 Å². The number of aromatic nitrogens is 4. The van der Waals surface area contributed by atoms with Gasteiger partial charge in [0.25, 0.3) is 5.91 Å². The summed E-state index contributed by atoms with van der Waals surface area (Å²) in [7, 11) is 1.40. The number of fused-ring (bicyclic) bond motifs is 2. The van der Waals surface area contributed by atoms with E-state index in [9.17, 15) is 9.18 Å². The Balaban J connectivity index is 1.70. The first-order chi connectivity index (χ1) is 14.7. The largest absolute Gasteiger partial charge is 0.492 e. The topological polar surface area (TPSA) is 94.0 Å². The Morgan fingerprint density at radius 2 is 2.13 bits per heavy atom. The smallest absolute Gasteiger partial charge is 0.255 e. The van der Waals surface area contributed by atoms with E-state index in [0.717, 1.165) is 11.4 Å². The molecule has 0 saturated carbocycles. The van der Waals surface area contributed by atoms with E-state index < -0.39 is 5.82 Å². The number of nitrogens with zero attached hydrogens (tertiary/aromatic N) is 4. The molecule has 0 atom stereocenters. The molecule has 4 heterocycles. The lowest BCUT2D eigenvalue weighted by Gasteiger charge is -2.17. The second kappa shape index (κ2) is 7.11. The molecule has 0 fully saturated rings. The number of para-hydroxylation sites is 1. The van der Waals surface area contributed by atoms with Crippen molar-refractivity contribution in [1.82, 2.24) is 24.8 Å². The van der Waals surface area contributed by atoms with Crippen molar-refractivity contribution in [3.63, 3.8) is 0 Å². The highest BCUT2D eigenvalue weighted by molar-refractivity contribution is 6.03. The number of benzene rings is 1. The molecule has 1 aliphatic heterocycles. The summed E-state index contributed by atoms with van der Waals surface area (Å²) >= 11 is 0. The molecule has 0 unspecified atom stereocenters. The first kappa shape index (κ1) is 18.0. The van der Waals surface area contributed by atoms with Crippen LogP contribution in [-0.2, 0) is 6.42 Å².